The molecule has 140 valence electrons. The topological polar surface area (TPSA) is 12.5 Å². The summed E-state index contributed by atoms with van der Waals surface area (Å²) < 4.78 is 5.50. The molecule has 2 heterocycles. The second kappa shape index (κ2) is 9.16. The van der Waals surface area contributed by atoms with Gasteiger partial charge in [-0.25, -0.2) is 0 Å². The van der Waals surface area contributed by atoms with E-state index >= 15 is 0 Å². The Morgan fingerprint density at radius 3 is 2.58 bits per heavy atom. The van der Waals surface area contributed by atoms with Crippen molar-refractivity contribution in [2.45, 2.75) is 47.8 Å². The minimum atomic E-state index is 0. The molecule has 4 rings (SSSR count). The van der Waals surface area contributed by atoms with Crippen LogP contribution in [-0.4, -0.2) is 31.6 Å². The number of rotatable bonds is 5. The summed E-state index contributed by atoms with van der Waals surface area (Å²) in [6.45, 7) is 3.83. The third kappa shape index (κ3) is 4.21. The largest absolute Gasteiger partial charge is 0.497 e. The van der Waals surface area contributed by atoms with E-state index in [4.69, 9.17) is 4.74 Å². The van der Waals surface area contributed by atoms with Gasteiger partial charge in [0.25, 0.3) is 0 Å². The summed E-state index contributed by atoms with van der Waals surface area (Å²) in [6, 6.07) is 15.5. The van der Waals surface area contributed by atoms with Crippen LogP contribution in [0.15, 0.2) is 52.3 Å². The zero-order valence-electron chi connectivity index (χ0n) is 15.4. The fourth-order valence-electron chi connectivity index (χ4n) is 4.18. The number of likely N-dealkylation sites (tertiary alicyclic amines) is 1. The Kier molecular flexibility index (Phi) is 6.91. The van der Waals surface area contributed by atoms with Crippen LogP contribution in [0.4, 0.5) is 0 Å². The molecule has 1 fully saturated rings. The van der Waals surface area contributed by atoms with Crippen LogP contribution in [0.1, 0.15) is 49.1 Å². The summed E-state index contributed by atoms with van der Waals surface area (Å²) in [5.41, 5.74) is 2.94. The van der Waals surface area contributed by atoms with Gasteiger partial charge in [0, 0.05) is 15.7 Å². The summed E-state index contributed by atoms with van der Waals surface area (Å²) in [5.74, 6) is 1.46. The molecular formula is C22H28ClNOS. The van der Waals surface area contributed by atoms with Crippen molar-refractivity contribution in [2.75, 3.05) is 26.7 Å². The molecule has 2 aliphatic heterocycles. The number of nitrogens with zero attached hydrogens (tertiary/aromatic N) is 1. The normalized spacial score (nSPS) is 19.2. The predicted octanol–water partition coefficient (Wildman–Crippen LogP) is 5.98. The molecule has 0 bridgehead atoms. The standard InChI is InChI=1S/C22H27NOS.ClH/c1-24-17-11-12-22-20(16-17)18(19-8-3-4-10-21(19)25-22)9-7-15-23-13-5-2-6-14-23;/h3-4,8,10-12,16,18H,2,5-7,9,13-15H2,1H3;1H. The highest BCUT2D eigenvalue weighted by atomic mass is 35.5. The molecule has 2 aromatic carbocycles. The summed E-state index contributed by atoms with van der Waals surface area (Å²) in [7, 11) is 1.76. The van der Waals surface area contributed by atoms with E-state index in [9.17, 15) is 0 Å². The Morgan fingerprint density at radius 2 is 1.77 bits per heavy atom. The van der Waals surface area contributed by atoms with Gasteiger partial charge in [-0.15, -0.1) is 12.4 Å². The first-order chi connectivity index (χ1) is 12.3. The number of methoxy groups -OCH3 is 1. The molecule has 2 aliphatic rings. The second-order valence-corrected chi connectivity index (χ2v) is 8.22. The first-order valence-corrected chi connectivity index (χ1v) is 10.3. The highest BCUT2D eigenvalue weighted by Crippen LogP contribution is 2.48. The maximum absolute atomic E-state index is 5.50. The van der Waals surface area contributed by atoms with E-state index in [1.807, 2.05) is 11.8 Å². The van der Waals surface area contributed by atoms with Gasteiger partial charge >= 0.3 is 0 Å². The lowest BCUT2D eigenvalue weighted by atomic mass is 9.86. The van der Waals surface area contributed by atoms with Gasteiger partial charge in [-0.2, -0.15) is 0 Å². The lowest BCUT2D eigenvalue weighted by Gasteiger charge is -2.30. The Hall–Kier alpha value is -1.16. The van der Waals surface area contributed by atoms with Crippen LogP contribution in [0.5, 0.6) is 5.75 Å². The quantitative estimate of drug-likeness (QED) is 0.624. The number of piperidine rings is 1. The lowest BCUT2D eigenvalue weighted by Crippen LogP contribution is -2.30. The molecule has 0 amide bonds. The molecule has 2 nitrogen and oxygen atoms in total. The summed E-state index contributed by atoms with van der Waals surface area (Å²) in [5, 5.41) is 0. The van der Waals surface area contributed by atoms with Crippen molar-refractivity contribution in [3.8, 4) is 5.75 Å². The fraction of sp³-hybridized carbons (Fsp3) is 0.455. The van der Waals surface area contributed by atoms with Crippen LogP contribution in [0, 0.1) is 0 Å². The molecule has 0 saturated carbocycles. The van der Waals surface area contributed by atoms with Crippen LogP contribution in [0.3, 0.4) is 0 Å². The van der Waals surface area contributed by atoms with Gasteiger partial charge in [-0.3, -0.25) is 0 Å². The van der Waals surface area contributed by atoms with Crippen LogP contribution in [0.25, 0.3) is 0 Å². The Bertz CT molecular complexity index is 730. The molecule has 0 aromatic heterocycles. The number of hydrogen-bond donors (Lipinski definition) is 0. The Morgan fingerprint density at radius 1 is 1.00 bits per heavy atom. The number of hydrogen-bond acceptors (Lipinski definition) is 3. The third-order valence-electron chi connectivity index (χ3n) is 5.52. The monoisotopic (exact) mass is 389 g/mol. The van der Waals surface area contributed by atoms with Crippen LogP contribution < -0.4 is 4.74 Å². The zero-order chi connectivity index (χ0) is 17.1. The average molecular weight is 390 g/mol. The van der Waals surface area contributed by atoms with E-state index in [0.717, 1.165) is 5.75 Å². The molecule has 0 aliphatic carbocycles. The van der Waals surface area contributed by atoms with Crippen LogP contribution >= 0.6 is 24.2 Å². The molecule has 26 heavy (non-hydrogen) atoms. The molecule has 1 saturated heterocycles. The van der Waals surface area contributed by atoms with Crippen LogP contribution in [0.2, 0.25) is 0 Å². The van der Waals surface area contributed by atoms with Crippen molar-refractivity contribution in [1.82, 2.24) is 4.90 Å². The van der Waals surface area contributed by atoms with Gasteiger partial charge < -0.3 is 9.64 Å². The predicted molar refractivity (Wildman–Crippen MR) is 112 cm³/mol. The van der Waals surface area contributed by atoms with E-state index < -0.39 is 0 Å². The molecule has 2 aromatic rings. The minimum absolute atomic E-state index is 0. The number of fused-ring (bicyclic) bond motifs is 2. The van der Waals surface area contributed by atoms with Crippen molar-refractivity contribution in [2.24, 2.45) is 0 Å². The summed E-state index contributed by atoms with van der Waals surface area (Å²) in [6.07, 6.45) is 6.65. The average Bonchev–Trinajstić information content (AvgIpc) is 2.68. The maximum atomic E-state index is 5.50. The van der Waals surface area contributed by atoms with Gasteiger partial charge in [0.2, 0.25) is 0 Å². The van der Waals surface area contributed by atoms with Gasteiger partial charge in [-0.05, 0) is 80.7 Å². The molecule has 0 radical (unpaired) electrons. The van der Waals surface area contributed by atoms with E-state index in [1.165, 1.54) is 72.7 Å². The molecular weight excluding hydrogens is 362 g/mol. The van der Waals surface area contributed by atoms with Crippen molar-refractivity contribution in [1.29, 1.82) is 0 Å². The second-order valence-electron chi connectivity index (χ2n) is 7.14. The lowest BCUT2D eigenvalue weighted by molar-refractivity contribution is 0.223. The Balaban J connectivity index is 0.00000196. The van der Waals surface area contributed by atoms with E-state index in [1.54, 1.807) is 7.11 Å². The summed E-state index contributed by atoms with van der Waals surface area (Å²) >= 11 is 1.90. The van der Waals surface area contributed by atoms with Gasteiger partial charge in [0.05, 0.1) is 7.11 Å². The number of ether oxygens (including phenoxy) is 1. The molecule has 4 heteroatoms. The van der Waals surface area contributed by atoms with Gasteiger partial charge in [0.1, 0.15) is 5.75 Å². The minimum Gasteiger partial charge on any atom is -0.497 e. The van der Waals surface area contributed by atoms with Crippen molar-refractivity contribution < 1.29 is 4.74 Å². The van der Waals surface area contributed by atoms with Crippen LogP contribution in [-0.2, 0) is 0 Å². The highest BCUT2D eigenvalue weighted by molar-refractivity contribution is 7.99. The van der Waals surface area contributed by atoms with Crippen molar-refractivity contribution in [3.05, 3.63) is 53.6 Å². The third-order valence-corrected chi connectivity index (χ3v) is 6.71. The molecule has 1 unspecified atom stereocenters. The molecule has 1 atom stereocenters. The fourth-order valence-corrected chi connectivity index (χ4v) is 5.35. The van der Waals surface area contributed by atoms with E-state index in [2.05, 4.69) is 47.4 Å². The number of benzene rings is 2. The van der Waals surface area contributed by atoms with Gasteiger partial charge in [0.15, 0.2) is 0 Å². The number of halogens is 1. The van der Waals surface area contributed by atoms with Crippen molar-refractivity contribution >= 4 is 24.2 Å². The molecule has 0 spiro atoms. The summed E-state index contributed by atoms with van der Waals surface area (Å²) in [4.78, 5) is 5.46. The maximum Gasteiger partial charge on any atom is 0.119 e. The van der Waals surface area contributed by atoms with E-state index in [-0.39, 0.29) is 12.4 Å². The zero-order valence-corrected chi connectivity index (χ0v) is 17.1. The van der Waals surface area contributed by atoms with Gasteiger partial charge in [-0.1, -0.05) is 36.4 Å². The van der Waals surface area contributed by atoms with Crippen molar-refractivity contribution in [3.63, 3.8) is 0 Å². The smallest absolute Gasteiger partial charge is 0.119 e. The first-order valence-electron chi connectivity index (χ1n) is 9.52. The highest BCUT2D eigenvalue weighted by Gasteiger charge is 2.26. The van der Waals surface area contributed by atoms with E-state index in [0.29, 0.717) is 5.92 Å². The Labute approximate surface area is 167 Å². The SMILES string of the molecule is COc1ccc2c(c1)C(CCCN1CCCCC1)c1ccccc1S2.Cl. The molecule has 0 N–H and O–H groups in total. The first kappa shape index (κ1) is 19.6.